The molecule has 1 aromatic heterocycles. The molecule has 0 fully saturated rings. The zero-order valence-corrected chi connectivity index (χ0v) is 13.0. The van der Waals surface area contributed by atoms with Gasteiger partial charge in [-0.1, -0.05) is 50.9 Å². The lowest BCUT2D eigenvalue weighted by Crippen LogP contribution is -1.91. The molecular formula is C15H9BrClFN2O. The van der Waals surface area contributed by atoms with Crippen LogP contribution in [0.15, 0.2) is 51.5 Å². The molecule has 2 N–H and O–H groups in total. The molecule has 3 aromatic rings. The lowest BCUT2D eigenvalue weighted by Gasteiger charge is -2.06. The van der Waals surface area contributed by atoms with Crippen LogP contribution in [0, 0.1) is 5.82 Å². The number of hydrogen-bond donors (Lipinski definition) is 1. The fraction of sp³-hybridized carbons (Fsp3) is 0. The van der Waals surface area contributed by atoms with Gasteiger partial charge in [0, 0.05) is 20.6 Å². The van der Waals surface area contributed by atoms with E-state index in [4.69, 9.17) is 21.9 Å². The minimum absolute atomic E-state index is 0.0949. The number of hydrogen-bond acceptors (Lipinski definition) is 3. The normalized spacial score (nSPS) is 10.8. The highest BCUT2D eigenvalue weighted by molar-refractivity contribution is 9.10. The summed E-state index contributed by atoms with van der Waals surface area (Å²) >= 11 is 9.50. The summed E-state index contributed by atoms with van der Waals surface area (Å²) in [7, 11) is 0. The van der Waals surface area contributed by atoms with Gasteiger partial charge in [-0.15, -0.1) is 0 Å². The predicted octanol–water partition coefficient (Wildman–Crippen LogP) is 5.15. The number of nitrogens with two attached hydrogens (primary N) is 1. The highest BCUT2D eigenvalue weighted by atomic mass is 79.9. The number of anilines is 1. The van der Waals surface area contributed by atoms with E-state index >= 15 is 0 Å². The molecule has 3 nitrogen and oxygen atoms in total. The third-order valence-corrected chi connectivity index (χ3v) is 3.87. The third-order valence-electron chi connectivity index (χ3n) is 3.05. The van der Waals surface area contributed by atoms with E-state index in [1.807, 2.05) is 6.07 Å². The molecule has 0 unspecified atom stereocenters. The molecule has 21 heavy (non-hydrogen) atoms. The van der Waals surface area contributed by atoms with E-state index in [2.05, 4.69) is 21.1 Å². The number of benzene rings is 2. The van der Waals surface area contributed by atoms with Crippen LogP contribution < -0.4 is 5.73 Å². The minimum atomic E-state index is -0.417. The van der Waals surface area contributed by atoms with E-state index in [0.29, 0.717) is 27.4 Å². The van der Waals surface area contributed by atoms with Crippen molar-refractivity contribution in [3.63, 3.8) is 0 Å². The first-order valence-corrected chi connectivity index (χ1v) is 7.20. The smallest absolute Gasteiger partial charge is 0.230 e. The minimum Gasteiger partial charge on any atom is -0.367 e. The van der Waals surface area contributed by atoms with Crippen molar-refractivity contribution in [2.24, 2.45) is 0 Å². The maximum Gasteiger partial charge on any atom is 0.230 e. The highest BCUT2D eigenvalue weighted by Gasteiger charge is 2.21. The molecule has 0 spiro atoms. The lowest BCUT2D eigenvalue weighted by molar-refractivity contribution is 0.439. The van der Waals surface area contributed by atoms with E-state index in [-0.39, 0.29) is 5.88 Å². The Hall–Kier alpha value is -1.85. The van der Waals surface area contributed by atoms with E-state index < -0.39 is 5.82 Å². The van der Waals surface area contributed by atoms with Crippen LogP contribution in [0.2, 0.25) is 5.02 Å². The Labute approximate surface area is 133 Å². The molecule has 106 valence electrons. The van der Waals surface area contributed by atoms with Gasteiger partial charge >= 0.3 is 0 Å². The topological polar surface area (TPSA) is 52.0 Å². The Bertz CT molecular complexity index is 819. The molecule has 0 aliphatic heterocycles. The van der Waals surface area contributed by atoms with E-state index in [0.717, 1.165) is 4.47 Å². The second kappa shape index (κ2) is 5.50. The van der Waals surface area contributed by atoms with Crippen molar-refractivity contribution in [3.05, 3.63) is 57.8 Å². The van der Waals surface area contributed by atoms with Gasteiger partial charge < -0.3 is 10.3 Å². The number of nitrogen functional groups attached to an aromatic ring is 1. The summed E-state index contributed by atoms with van der Waals surface area (Å²) in [6, 6.07) is 11.7. The summed E-state index contributed by atoms with van der Waals surface area (Å²) in [6.45, 7) is 0. The number of rotatable bonds is 2. The molecule has 0 bridgehead atoms. The van der Waals surface area contributed by atoms with Crippen LogP contribution in [0.25, 0.3) is 22.4 Å². The molecule has 0 atom stereocenters. The van der Waals surface area contributed by atoms with Crippen molar-refractivity contribution in [1.82, 2.24) is 5.16 Å². The monoisotopic (exact) mass is 366 g/mol. The third kappa shape index (κ3) is 2.54. The average molecular weight is 368 g/mol. The molecule has 2 aromatic carbocycles. The summed E-state index contributed by atoms with van der Waals surface area (Å²) in [5.74, 6) is -0.322. The molecule has 0 saturated carbocycles. The maximum absolute atomic E-state index is 14.1. The molecule has 0 aliphatic rings. The molecule has 0 radical (unpaired) electrons. The number of aromatic nitrogens is 1. The van der Waals surface area contributed by atoms with Crippen LogP contribution >= 0.6 is 27.5 Å². The van der Waals surface area contributed by atoms with Crippen molar-refractivity contribution in [2.75, 3.05) is 5.73 Å². The van der Waals surface area contributed by atoms with Crippen molar-refractivity contribution < 1.29 is 8.91 Å². The van der Waals surface area contributed by atoms with Crippen LogP contribution in [-0.2, 0) is 0 Å². The summed E-state index contributed by atoms with van der Waals surface area (Å²) in [4.78, 5) is 0. The summed E-state index contributed by atoms with van der Waals surface area (Å²) < 4.78 is 19.9. The molecule has 0 saturated heterocycles. The van der Waals surface area contributed by atoms with Gasteiger partial charge in [-0.3, -0.25) is 0 Å². The van der Waals surface area contributed by atoms with Gasteiger partial charge in [0.05, 0.1) is 5.56 Å². The molecule has 6 heteroatoms. The van der Waals surface area contributed by atoms with Crippen LogP contribution in [0.3, 0.4) is 0 Å². The maximum atomic E-state index is 14.1. The predicted molar refractivity (Wildman–Crippen MR) is 84.5 cm³/mol. The van der Waals surface area contributed by atoms with Crippen LogP contribution in [-0.4, -0.2) is 5.16 Å². The molecule has 1 heterocycles. The SMILES string of the molecule is Nc1onc(-c2cc(Br)ccc2F)c1-c1ccccc1Cl. The van der Waals surface area contributed by atoms with Gasteiger partial charge in [-0.25, -0.2) is 4.39 Å². The lowest BCUT2D eigenvalue weighted by atomic mass is 10.0. The van der Waals surface area contributed by atoms with Crippen molar-refractivity contribution in [3.8, 4) is 22.4 Å². The van der Waals surface area contributed by atoms with Gasteiger partial charge in [0.2, 0.25) is 5.88 Å². The van der Waals surface area contributed by atoms with E-state index in [9.17, 15) is 4.39 Å². The van der Waals surface area contributed by atoms with Crippen molar-refractivity contribution in [2.45, 2.75) is 0 Å². The Morgan fingerprint density at radius 2 is 1.90 bits per heavy atom. The second-order valence-corrected chi connectivity index (χ2v) is 5.70. The molecule has 0 aliphatic carbocycles. The van der Waals surface area contributed by atoms with Crippen molar-refractivity contribution >= 4 is 33.4 Å². The van der Waals surface area contributed by atoms with E-state index in [1.54, 1.807) is 30.3 Å². The largest absolute Gasteiger partial charge is 0.367 e. The quantitative estimate of drug-likeness (QED) is 0.682. The zero-order valence-electron chi connectivity index (χ0n) is 10.6. The Morgan fingerprint density at radius 3 is 2.67 bits per heavy atom. The van der Waals surface area contributed by atoms with Crippen LogP contribution in [0.4, 0.5) is 10.3 Å². The fourth-order valence-corrected chi connectivity index (χ4v) is 2.68. The Kier molecular flexibility index (Phi) is 3.69. The first-order chi connectivity index (χ1) is 10.1. The zero-order chi connectivity index (χ0) is 15.0. The van der Waals surface area contributed by atoms with Crippen molar-refractivity contribution in [1.29, 1.82) is 0 Å². The molecule has 0 amide bonds. The van der Waals surface area contributed by atoms with Gasteiger partial charge in [0.1, 0.15) is 11.5 Å². The highest BCUT2D eigenvalue weighted by Crippen LogP contribution is 2.40. The van der Waals surface area contributed by atoms with Gasteiger partial charge in [-0.05, 0) is 24.3 Å². The van der Waals surface area contributed by atoms with Crippen LogP contribution in [0.5, 0.6) is 0 Å². The summed E-state index contributed by atoms with van der Waals surface area (Å²) in [5, 5.41) is 4.38. The van der Waals surface area contributed by atoms with Gasteiger partial charge in [-0.2, -0.15) is 0 Å². The first kappa shape index (κ1) is 14.1. The Balaban J connectivity index is 2.27. The number of halogens is 3. The molecular weight excluding hydrogens is 359 g/mol. The number of nitrogens with zero attached hydrogens (tertiary/aromatic N) is 1. The standard InChI is InChI=1S/C15H9BrClFN2O/c16-8-5-6-12(18)10(7-8)14-13(15(19)21-20-14)9-3-1-2-4-11(9)17/h1-7H,19H2. The fourth-order valence-electron chi connectivity index (χ4n) is 2.09. The summed E-state index contributed by atoms with van der Waals surface area (Å²) in [5.41, 5.74) is 7.59. The van der Waals surface area contributed by atoms with Crippen LogP contribution in [0.1, 0.15) is 0 Å². The Morgan fingerprint density at radius 1 is 1.14 bits per heavy atom. The van der Waals surface area contributed by atoms with Gasteiger partial charge in [0.15, 0.2) is 0 Å². The second-order valence-electron chi connectivity index (χ2n) is 4.37. The summed E-state index contributed by atoms with van der Waals surface area (Å²) in [6.07, 6.45) is 0. The molecule has 3 rings (SSSR count). The average Bonchev–Trinajstić information content (AvgIpc) is 2.84. The van der Waals surface area contributed by atoms with Gasteiger partial charge in [0.25, 0.3) is 0 Å². The first-order valence-electron chi connectivity index (χ1n) is 6.03. The van der Waals surface area contributed by atoms with E-state index in [1.165, 1.54) is 6.07 Å².